The topological polar surface area (TPSA) is 69.4 Å². The minimum atomic E-state index is -0.612. The van der Waals surface area contributed by atoms with Crippen LogP contribution in [0.5, 0.6) is 0 Å². The molecule has 1 aromatic rings. The molecule has 1 rings (SSSR count). The molecule has 0 aliphatic rings. The Labute approximate surface area is 105 Å². The number of likely N-dealkylation sites (N-methyl/N-ethyl adjacent to an activating group) is 1. The van der Waals surface area contributed by atoms with Crippen molar-refractivity contribution in [3.63, 3.8) is 0 Å². The number of nitriles is 1. The molecule has 17 heavy (non-hydrogen) atoms. The van der Waals surface area contributed by atoms with E-state index in [0.717, 1.165) is 0 Å². The van der Waals surface area contributed by atoms with Gasteiger partial charge in [-0.15, -0.1) is 0 Å². The van der Waals surface area contributed by atoms with E-state index < -0.39 is 6.10 Å². The summed E-state index contributed by atoms with van der Waals surface area (Å²) >= 11 is 6.00. The number of ether oxygens (including phenoxy) is 1. The molecule has 1 aromatic heterocycles. The molecule has 0 amide bonds. The highest BCUT2D eigenvalue weighted by molar-refractivity contribution is 6.33. The second-order valence-electron chi connectivity index (χ2n) is 3.63. The average Bonchev–Trinajstić information content (AvgIpc) is 2.28. The molecule has 0 radical (unpaired) electrons. The molecule has 6 heteroatoms. The van der Waals surface area contributed by atoms with E-state index in [-0.39, 0.29) is 6.61 Å². The first kappa shape index (κ1) is 13.7. The van der Waals surface area contributed by atoms with E-state index in [1.54, 1.807) is 18.0 Å². The van der Waals surface area contributed by atoms with Gasteiger partial charge in [-0.2, -0.15) is 5.26 Å². The molecular weight excluding hydrogens is 242 g/mol. The molecule has 0 fully saturated rings. The first-order valence-electron chi connectivity index (χ1n) is 5.02. The molecule has 0 aliphatic heterocycles. The number of aromatic nitrogens is 1. The summed E-state index contributed by atoms with van der Waals surface area (Å²) in [6.07, 6.45) is 0.832. The van der Waals surface area contributed by atoms with Crippen LogP contribution >= 0.6 is 11.6 Å². The maximum atomic E-state index is 9.58. The maximum absolute atomic E-state index is 9.58. The average molecular weight is 256 g/mol. The van der Waals surface area contributed by atoms with Crippen molar-refractivity contribution in [1.82, 2.24) is 4.98 Å². The van der Waals surface area contributed by atoms with Crippen LogP contribution in [0.4, 0.5) is 5.82 Å². The number of nitrogens with zero attached hydrogens (tertiary/aromatic N) is 3. The van der Waals surface area contributed by atoms with Gasteiger partial charge in [-0.1, -0.05) is 11.6 Å². The first-order valence-corrected chi connectivity index (χ1v) is 5.40. The van der Waals surface area contributed by atoms with Crippen molar-refractivity contribution >= 4 is 17.4 Å². The van der Waals surface area contributed by atoms with Gasteiger partial charge in [0.1, 0.15) is 11.9 Å². The van der Waals surface area contributed by atoms with E-state index in [1.165, 1.54) is 13.3 Å². The van der Waals surface area contributed by atoms with Crippen molar-refractivity contribution in [2.45, 2.75) is 6.10 Å². The summed E-state index contributed by atoms with van der Waals surface area (Å²) in [7, 11) is 3.29. The second-order valence-corrected chi connectivity index (χ2v) is 4.04. The van der Waals surface area contributed by atoms with Crippen LogP contribution < -0.4 is 4.90 Å². The molecule has 0 aromatic carbocycles. The summed E-state index contributed by atoms with van der Waals surface area (Å²) in [6.45, 7) is 0.602. The van der Waals surface area contributed by atoms with E-state index in [2.05, 4.69) is 4.98 Å². The summed E-state index contributed by atoms with van der Waals surface area (Å²) in [5.41, 5.74) is 0.407. The Balaban J connectivity index is 2.76. The van der Waals surface area contributed by atoms with E-state index in [1.807, 2.05) is 6.07 Å². The molecule has 0 bridgehead atoms. The minimum absolute atomic E-state index is 0.248. The smallest absolute Gasteiger partial charge is 0.147 e. The zero-order valence-corrected chi connectivity index (χ0v) is 10.5. The highest BCUT2D eigenvalue weighted by atomic mass is 35.5. The summed E-state index contributed by atoms with van der Waals surface area (Å²) in [5, 5.41) is 18.7. The monoisotopic (exact) mass is 255 g/mol. The number of anilines is 1. The van der Waals surface area contributed by atoms with Gasteiger partial charge < -0.3 is 14.7 Å². The molecule has 1 N–H and O–H groups in total. The summed E-state index contributed by atoms with van der Waals surface area (Å²) < 4.78 is 4.83. The van der Waals surface area contributed by atoms with Crippen LogP contribution in [0.2, 0.25) is 5.02 Å². The predicted octanol–water partition coefficient (Wildman–Crippen LogP) is 1.05. The van der Waals surface area contributed by atoms with E-state index in [9.17, 15) is 5.11 Å². The molecule has 0 saturated heterocycles. The number of hydrogen-bond donors (Lipinski definition) is 1. The Morgan fingerprint density at radius 1 is 1.71 bits per heavy atom. The molecular formula is C11H14ClN3O2. The third kappa shape index (κ3) is 3.86. The number of hydrogen-bond acceptors (Lipinski definition) is 5. The Hall–Kier alpha value is -1.35. The first-order chi connectivity index (χ1) is 8.08. The summed E-state index contributed by atoms with van der Waals surface area (Å²) in [4.78, 5) is 5.80. The summed E-state index contributed by atoms with van der Waals surface area (Å²) in [6, 6.07) is 3.50. The van der Waals surface area contributed by atoms with Crippen molar-refractivity contribution < 1.29 is 9.84 Å². The molecule has 0 unspecified atom stereocenters. The number of aliphatic hydroxyl groups is 1. The third-order valence-corrected chi connectivity index (χ3v) is 2.43. The molecule has 5 nitrogen and oxygen atoms in total. The lowest BCUT2D eigenvalue weighted by Gasteiger charge is -2.22. The fourth-order valence-electron chi connectivity index (χ4n) is 1.42. The fraction of sp³-hybridized carbons (Fsp3) is 0.455. The molecule has 0 saturated carbocycles. The Morgan fingerprint density at radius 2 is 2.41 bits per heavy atom. The van der Waals surface area contributed by atoms with Crippen LogP contribution in [0, 0.1) is 11.3 Å². The molecule has 1 atom stereocenters. The van der Waals surface area contributed by atoms with Gasteiger partial charge in [0.25, 0.3) is 0 Å². The van der Waals surface area contributed by atoms with Crippen LogP contribution in [0.25, 0.3) is 0 Å². The van der Waals surface area contributed by atoms with Crippen LogP contribution in [0.3, 0.4) is 0 Å². The normalized spacial score (nSPS) is 11.9. The van der Waals surface area contributed by atoms with Crippen molar-refractivity contribution in [3.8, 4) is 6.07 Å². The lowest BCUT2D eigenvalue weighted by Crippen LogP contribution is -2.32. The van der Waals surface area contributed by atoms with E-state index in [0.29, 0.717) is 22.9 Å². The van der Waals surface area contributed by atoms with Gasteiger partial charge in [0.15, 0.2) is 0 Å². The van der Waals surface area contributed by atoms with Crippen LogP contribution in [0.15, 0.2) is 12.3 Å². The van der Waals surface area contributed by atoms with Crippen molar-refractivity contribution in [2.75, 3.05) is 32.2 Å². The molecule has 92 valence electrons. The fourth-order valence-corrected chi connectivity index (χ4v) is 1.73. The predicted molar refractivity (Wildman–Crippen MR) is 65.1 cm³/mol. The molecule has 0 spiro atoms. The van der Waals surface area contributed by atoms with Gasteiger partial charge in [0.2, 0.25) is 0 Å². The van der Waals surface area contributed by atoms with Gasteiger partial charge in [-0.25, -0.2) is 4.98 Å². The highest BCUT2D eigenvalue weighted by Gasteiger charge is 2.13. The van der Waals surface area contributed by atoms with Crippen molar-refractivity contribution in [1.29, 1.82) is 5.26 Å². The van der Waals surface area contributed by atoms with Gasteiger partial charge in [-0.3, -0.25) is 0 Å². The largest absolute Gasteiger partial charge is 0.389 e. The number of halogens is 1. The second kappa shape index (κ2) is 6.40. The van der Waals surface area contributed by atoms with Gasteiger partial charge in [-0.05, 0) is 6.07 Å². The summed E-state index contributed by atoms with van der Waals surface area (Å²) in [5.74, 6) is 0.529. The van der Waals surface area contributed by atoms with Crippen LogP contribution in [-0.4, -0.2) is 43.5 Å². The van der Waals surface area contributed by atoms with Crippen LogP contribution in [-0.2, 0) is 4.74 Å². The highest BCUT2D eigenvalue weighted by Crippen LogP contribution is 2.22. The van der Waals surface area contributed by atoms with Crippen LogP contribution in [0.1, 0.15) is 5.56 Å². The van der Waals surface area contributed by atoms with E-state index >= 15 is 0 Å². The number of aliphatic hydroxyl groups excluding tert-OH is 1. The Kier molecular flexibility index (Phi) is 5.16. The lowest BCUT2D eigenvalue weighted by molar-refractivity contribution is 0.0694. The maximum Gasteiger partial charge on any atom is 0.147 e. The Morgan fingerprint density at radius 3 is 2.94 bits per heavy atom. The molecule has 1 heterocycles. The standard InChI is InChI=1S/C11H14ClN3O2/c1-15(6-9(16)7-17-2)11-10(12)3-8(4-13)5-14-11/h3,5,9,16H,6-7H2,1-2H3/t9-/m0/s1. The zero-order chi connectivity index (χ0) is 12.8. The van der Waals surface area contributed by atoms with Gasteiger partial charge in [0.05, 0.1) is 23.3 Å². The Bertz CT molecular complexity index is 420. The third-order valence-electron chi connectivity index (χ3n) is 2.16. The van der Waals surface area contributed by atoms with Gasteiger partial charge >= 0.3 is 0 Å². The van der Waals surface area contributed by atoms with Crippen molar-refractivity contribution in [2.24, 2.45) is 0 Å². The number of rotatable bonds is 5. The zero-order valence-electron chi connectivity index (χ0n) is 9.72. The number of methoxy groups -OCH3 is 1. The van der Waals surface area contributed by atoms with E-state index in [4.69, 9.17) is 21.6 Å². The quantitative estimate of drug-likeness (QED) is 0.852. The molecule has 0 aliphatic carbocycles. The lowest BCUT2D eigenvalue weighted by atomic mass is 10.3. The SMILES string of the molecule is COC[C@@H](O)CN(C)c1ncc(C#N)cc1Cl. The van der Waals surface area contributed by atoms with Crippen molar-refractivity contribution in [3.05, 3.63) is 22.8 Å². The number of pyridine rings is 1. The minimum Gasteiger partial charge on any atom is -0.389 e. The van der Waals surface area contributed by atoms with Gasteiger partial charge in [0, 0.05) is 26.9 Å².